The van der Waals surface area contributed by atoms with E-state index >= 15 is 0 Å². The van der Waals surface area contributed by atoms with Gasteiger partial charge in [0.15, 0.2) is 0 Å². The van der Waals surface area contributed by atoms with Crippen molar-refractivity contribution in [1.29, 1.82) is 5.26 Å². The third-order valence-electron chi connectivity index (χ3n) is 3.43. The first-order valence-electron chi connectivity index (χ1n) is 6.12. The molecule has 1 aliphatic heterocycles. The summed E-state index contributed by atoms with van der Waals surface area (Å²) < 4.78 is 0. The summed E-state index contributed by atoms with van der Waals surface area (Å²) in [6.45, 7) is 1.50. The number of rotatable bonds is 0. The van der Waals surface area contributed by atoms with Gasteiger partial charge in [0.05, 0.1) is 11.8 Å². The number of carbonyl (C=O) groups is 1. The quantitative estimate of drug-likeness (QED) is 0.718. The first-order valence-corrected chi connectivity index (χ1v) is 6.12. The number of amides is 1. The molecule has 0 fully saturated rings. The fraction of sp³-hybridized carbons (Fsp3) is 0.125. The lowest BCUT2D eigenvalue weighted by Crippen LogP contribution is -2.35. The minimum atomic E-state index is -0.552. The van der Waals surface area contributed by atoms with Gasteiger partial charge in [0.1, 0.15) is 6.04 Å². The second-order valence-electron chi connectivity index (χ2n) is 4.53. The Kier molecular flexibility index (Phi) is 2.57. The minimum Gasteiger partial charge on any atom is -0.291 e. The number of nitrogens with zero attached hydrogens (tertiary/aromatic N) is 2. The molecule has 3 nitrogen and oxygen atoms in total. The van der Waals surface area contributed by atoms with Gasteiger partial charge in [0.2, 0.25) is 5.91 Å². The highest BCUT2D eigenvalue weighted by atomic mass is 16.2. The second-order valence-corrected chi connectivity index (χ2v) is 4.53. The van der Waals surface area contributed by atoms with E-state index in [4.69, 9.17) is 0 Å². The van der Waals surface area contributed by atoms with Crippen molar-refractivity contribution in [1.82, 2.24) is 0 Å². The first-order chi connectivity index (χ1) is 9.24. The van der Waals surface area contributed by atoms with Gasteiger partial charge in [-0.2, -0.15) is 5.26 Å². The molecule has 1 aliphatic rings. The lowest BCUT2D eigenvalue weighted by atomic mass is 9.88. The highest BCUT2D eigenvalue weighted by molar-refractivity contribution is 6.00. The molecule has 0 saturated heterocycles. The van der Waals surface area contributed by atoms with Gasteiger partial charge in [0.25, 0.3) is 0 Å². The van der Waals surface area contributed by atoms with E-state index in [2.05, 4.69) is 6.07 Å². The monoisotopic (exact) mass is 248 g/mol. The molecule has 19 heavy (non-hydrogen) atoms. The van der Waals surface area contributed by atoms with Crippen LogP contribution >= 0.6 is 0 Å². The number of carbonyl (C=O) groups excluding carboxylic acids is 1. The Balaban J connectivity index is 2.35. The van der Waals surface area contributed by atoms with E-state index in [9.17, 15) is 10.1 Å². The highest BCUT2D eigenvalue weighted by Crippen LogP contribution is 2.44. The zero-order valence-corrected chi connectivity index (χ0v) is 10.5. The highest BCUT2D eigenvalue weighted by Gasteiger charge is 2.32. The van der Waals surface area contributed by atoms with Gasteiger partial charge in [-0.3, -0.25) is 9.69 Å². The molecule has 2 aromatic carbocycles. The topological polar surface area (TPSA) is 44.1 Å². The predicted octanol–water partition coefficient (Wildman–Crippen LogP) is 3.28. The average Bonchev–Trinajstić information content (AvgIpc) is 2.45. The Morgan fingerprint density at radius 2 is 1.74 bits per heavy atom. The largest absolute Gasteiger partial charge is 0.291 e. The van der Waals surface area contributed by atoms with Crippen molar-refractivity contribution in [2.45, 2.75) is 13.0 Å². The number of para-hydroxylation sites is 1. The third-order valence-corrected chi connectivity index (χ3v) is 3.43. The summed E-state index contributed by atoms with van der Waals surface area (Å²) in [4.78, 5) is 13.5. The standard InChI is InChI=1S/C16H12N2O/c1-11(19)18-15-9-5-4-7-13(15)12-6-2-3-8-14(12)16(18)10-17/h2-9,16H,1H3. The molecule has 0 aromatic heterocycles. The second kappa shape index (κ2) is 4.25. The number of hydrogen-bond acceptors (Lipinski definition) is 2. The molecule has 1 amide bonds. The molecule has 3 heteroatoms. The smallest absolute Gasteiger partial charge is 0.225 e. The summed E-state index contributed by atoms with van der Waals surface area (Å²) >= 11 is 0. The molecule has 2 aromatic rings. The molecule has 1 atom stereocenters. The van der Waals surface area contributed by atoms with Gasteiger partial charge in [-0.15, -0.1) is 0 Å². The van der Waals surface area contributed by atoms with Crippen LogP contribution < -0.4 is 4.90 Å². The van der Waals surface area contributed by atoms with Crippen LogP contribution in [-0.4, -0.2) is 5.91 Å². The summed E-state index contributed by atoms with van der Waals surface area (Å²) in [6.07, 6.45) is 0. The molecule has 92 valence electrons. The summed E-state index contributed by atoms with van der Waals surface area (Å²) in [5, 5.41) is 9.44. The summed E-state index contributed by atoms with van der Waals surface area (Å²) in [5.74, 6) is -0.117. The van der Waals surface area contributed by atoms with Crippen LogP contribution in [0, 0.1) is 11.3 Å². The van der Waals surface area contributed by atoms with E-state index in [0.29, 0.717) is 0 Å². The van der Waals surface area contributed by atoms with E-state index < -0.39 is 6.04 Å². The SMILES string of the molecule is CC(=O)N1c2ccccc2-c2ccccc2C1C#N. The van der Waals surface area contributed by atoms with Gasteiger partial charge in [-0.25, -0.2) is 0 Å². The van der Waals surface area contributed by atoms with Crippen LogP contribution in [0.4, 0.5) is 5.69 Å². The maximum Gasteiger partial charge on any atom is 0.225 e. The summed E-state index contributed by atoms with van der Waals surface area (Å²) in [7, 11) is 0. The van der Waals surface area contributed by atoms with Crippen molar-refractivity contribution >= 4 is 11.6 Å². The molecular weight excluding hydrogens is 236 g/mol. The maximum absolute atomic E-state index is 11.9. The lowest BCUT2D eigenvalue weighted by Gasteiger charge is -2.34. The van der Waals surface area contributed by atoms with Gasteiger partial charge < -0.3 is 0 Å². The van der Waals surface area contributed by atoms with E-state index in [0.717, 1.165) is 22.4 Å². The number of fused-ring (bicyclic) bond motifs is 3. The van der Waals surface area contributed by atoms with Crippen molar-refractivity contribution < 1.29 is 4.79 Å². The zero-order chi connectivity index (χ0) is 13.4. The molecule has 1 unspecified atom stereocenters. The number of hydrogen-bond donors (Lipinski definition) is 0. The van der Waals surface area contributed by atoms with Crippen LogP contribution in [0.15, 0.2) is 48.5 Å². The van der Waals surface area contributed by atoms with Crippen molar-refractivity contribution in [2.75, 3.05) is 4.90 Å². The summed E-state index contributed by atoms with van der Waals surface area (Å²) in [5.41, 5.74) is 3.72. The molecular formula is C16H12N2O. The fourth-order valence-corrected chi connectivity index (χ4v) is 2.65. The number of anilines is 1. The lowest BCUT2D eigenvalue weighted by molar-refractivity contribution is -0.116. The Morgan fingerprint density at radius 1 is 1.11 bits per heavy atom. The molecule has 0 aliphatic carbocycles. The molecule has 0 saturated carbocycles. The van der Waals surface area contributed by atoms with Gasteiger partial charge in [-0.05, 0) is 17.2 Å². The Bertz CT molecular complexity index is 700. The van der Waals surface area contributed by atoms with Crippen molar-refractivity contribution in [3.63, 3.8) is 0 Å². The Morgan fingerprint density at radius 3 is 2.42 bits per heavy atom. The number of benzene rings is 2. The van der Waals surface area contributed by atoms with E-state index in [-0.39, 0.29) is 5.91 Å². The Hall–Kier alpha value is -2.60. The van der Waals surface area contributed by atoms with Crippen LogP contribution in [0.5, 0.6) is 0 Å². The minimum absolute atomic E-state index is 0.117. The third kappa shape index (κ3) is 1.61. The normalized spacial score (nSPS) is 16.2. The van der Waals surface area contributed by atoms with Gasteiger partial charge >= 0.3 is 0 Å². The van der Waals surface area contributed by atoms with Gasteiger partial charge in [0, 0.05) is 12.5 Å². The van der Waals surface area contributed by atoms with Crippen LogP contribution in [-0.2, 0) is 4.79 Å². The maximum atomic E-state index is 11.9. The van der Waals surface area contributed by atoms with E-state index in [1.165, 1.54) is 6.92 Å². The zero-order valence-electron chi connectivity index (χ0n) is 10.5. The van der Waals surface area contributed by atoms with Crippen LogP contribution in [0.1, 0.15) is 18.5 Å². The Labute approximate surface area is 111 Å². The van der Waals surface area contributed by atoms with Crippen molar-refractivity contribution in [2.24, 2.45) is 0 Å². The van der Waals surface area contributed by atoms with Gasteiger partial charge in [-0.1, -0.05) is 42.5 Å². The van der Waals surface area contributed by atoms with E-state index in [1.54, 1.807) is 4.90 Å². The van der Waals surface area contributed by atoms with E-state index in [1.807, 2.05) is 48.5 Å². The van der Waals surface area contributed by atoms with Crippen LogP contribution in [0.2, 0.25) is 0 Å². The molecule has 0 spiro atoms. The molecule has 0 bridgehead atoms. The molecule has 1 heterocycles. The molecule has 3 rings (SSSR count). The van der Waals surface area contributed by atoms with Crippen LogP contribution in [0.25, 0.3) is 11.1 Å². The van der Waals surface area contributed by atoms with Crippen molar-refractivity contribution in [3.8, 4) is 17.2 Å². The van der Waals surface area contributed by atoms with Crippen molar-refractivity contribution in [3.05, 3.63) is 54.1 Å². The number of nitriles is 1. The van der Waals surface area contributed by atoms with Crippen LogP contribution in [0.3, 0.4) is 0 Å². The first kappa shape index (κ1) is 11.5. The predicted molar refractivity (Wildman–Crippen MR) is 73.4 cm³/mol. The fourth-order valence-electron chi connectivity index (χ4n) is 2.65. The molecule has 0 N–H and O–H groups in total. The summed E-state index contributed by atoms with van der Waals surface area (Å²) in [6, 6.07) is 17.1. The molecule has 0 radical (unpaired) electrons. The average molecular weight is 248 g/mol.